The molecule has 1 aliphatic heterocycles. The van der Waals surface area contributed by atoms with Gasteiger partial charge in [0.15, 0.2) is 5.78 Å². The fraction of sp³-hybridized carbons (Fsp3) is 0.458. The second-order valence-corrected chi connectivity index (χ2v) is 8.99. The van der Waals surface area contributed by atoms with Crippen molar-refractivity contribution in [1.82, 2.24) is 4.90 Å². The number of carbonyl (C=O) groups excluding carboxylic acids is 1. The van der Waals surface area contributed by atoms with Gasteiger partial charge in [-0.2, -0.15) is 0 Å². The summed E-state index contributed by atoms with van der Waals surface area (Å²) in [4.78, 5) is 14.7. The van der Waals surface area contributed by atoms with Gasteiger partial charge in [-0.1, -0.05) is 29.3 Å². The lowest BCUT2D eigenvalue weighted by molar-refractivity contribution is 0.0355. The zero-order chi connectivity index (χ0) is 19.9. The van der Waals surface area contributed by atoms with Crippen LogP contribution in [0.3, 0.4) is 0 Å². The maximum Gasteiger partial charge on any atom is 0.176 e. The van der Waals surface area contributed by atoms with Crippen LogP contribution in [-0.4, -0.2) is 46.1 Å². The number of aliphatic hydroxyl groups is 1. The Balaban J connectivity index is 1.35. The van der Waals surface area contributed by atoms with Gasteiger partial charge in [0.05, 0.1) is 12.1 Å². The molecule has 0 aromatic heterocycles. The van der Waals surface area contributed by atoms with Crippen molar-refractivity contribution in [2.24, 2.45) is 11.8 Å². The molecule has 2 atom stereocenters. The number of Topliss-reactive ketones (excluding diaryl/α,β-unsaturated/α-hetero) is 1. The van der Waals surface area contributed by atoms with Gasteiger partial charge < -0.3 is 10.2 Å². The van der Waals surface area contributed by atoms with Crippen molar-refractivity contribution >= 4 is 5.78 Å². The summed E-state index contributed by atoms with van der Waals surface area (Å²) >= 11 is 0. The highest BCUT2D eigenvalue weighted by atomic mass is 16.3. The molecule has 1 aliphatic carbocycles. The first-order valence-corrected chi connectivity index (χ1v) is 10.1. The Morgan fingerprint density at radius 1 is 1.04 bits per heavy atom. The van der Waals surface area contributed by atoms with Crippen LogP contribution in [0.15, 0.2) is 42.5 Å². The molecular formula is C24H29NO3. The topological polar surface area (TPSA) is 60.8 Å². The Hall–Kier alpha value is -2.17. The second kappa shape index (κ2) is 7.34. The number of ketones is 1. The number of benzene rings is 2. The van der Waals surface area contributed by atoms with Crippen LogP contribution in [0, 0.1) is 25.7 Å². The Labute approximate surface area is 166 Å². The molecule has 0 radical (unpaired) electrons. The summed E-state index contributed by atoms with van der Waals surface area (Å²) in [5.74, 6) is 1.19. The van der Waals surface area contributed by atoms with E-state index in [-0.39, 0.29) is 11.5 Å². The molecule has 0 amide bonds. The van der Waals surface area contributed by atoms with E-state index in [4.69, 9.17) is 0 Å². The average molecular weight is 380 g/mol. The highest BCUT2D eigenvalue weighted by molar-refractivity contribution is 5.97. The number of phenols is 1. The molecule has 1 saturated carbocycles. The third-order valence-electron chi connectivity index (χ3n) is 6.31. The summed E-state index contributed by atoms with van der Waals surface area (Å²) in [6, 6.07) is 13.0. The van der Waals surface area contributed by atoms with Crippen LogP contribution in [0.4, 0.5) is 0 Å². The highest BCUT2D eigenvalue weighted by Gasteiger charge is 2.48. The molecule has 0 spiro atoms. The smallest absolute Gasteiger partial charge is 0.176 e. The van der Waals surface area contributed by atoms with Crippen LogP contribution in [0.5, 0.6) is 5.75 Å². The largest absolute Gasteiger partial charge is 0.508 e. The maximum absolute atomic E-state index is 12.5. The predicted octanol–water partition coefficient (Wildman–Crippen LogP) is 3.51. The second-order valence-electron chi connectivity index (χ2n) is 8.99. The van der Waals surface area contributed by atoms with Gasteiger partial charge in [-0.05, 0) is 68.4 Å². The van der Waals surface area contributed by atoms with Crippen LogP contribution < -0.4 is 0 Å². The summed E-state index contributed by atoms with van der Waals surface area (Å²) in [6.45, 7) is 6.38. The number of phenolic OH excluding ortho intramolecular Hbond substituents is 1. The molecule has 2 fully saturated rings. The maximum atomic E-state index is 12.5. The molecule has 2 N–H and O–H groups in total. The van der Waals surface area contributed by atoms with Crippen LogP contribution in [0.2, 0.25) is 0 Å². The van der Waals surface area contributed by atoms with Gasteiger partial charge in [-0.15, -0.1) is 0 Å². The molecule has 4 nitrogen and oxygen atoms in total. The van der Waals surface area contributed by atoms with E-state index in [1.807, 2.05) is 0 Å². The van der Waals surface area contributed by atoms with Gasteiger partial charge >= 0.3 is 0 Å². The monoisotopic (exact) mass is 379 g/mol. The van der Waals surface area contributed by atoms with E-state index >= 15 is 0 Å². The van der Waals surface area contributed by atoms with E-state index in [0.29, 0.717) is 23.9 Å². The molecule has 2 aromatic rings. The molecule has 1 saturated heterocycles. The number of carbonyl (C=O) groups is 1. The van der Waals surface area contributed by atoms with Gasteiger partial charge in [0.2, 0.25) is 0 Å². The average Bonchev–Trinajstić information content (AvgIpc) is 3.08. The van der Waals surface area contributed by atoms with Gasteiger partial charge in [0.25, 0.3) is 0 Å². The number of aryl methyl sites for hydroxylation is 2. The predicted molar refractivity (Wildman–Crippen MR) is 110 cm³/mol. The minimum atomic E-state index is -0.622. The molecule has 1 heterocycles. The molecule has 28 heavy (non-hydrogen) atoms. The Kier molecular flexibility index (Phi) is 5.02. The SMILES string of the molecule is Cc1cc(C)cc(CC2(O)C[C@H]3CN(CC(=O)c4ccc(O)cc4)C[C@@H]3C2)c1. The lowest BCUT2D eigenvalue weighted by Crippen LogP contribution is -2.34. The zero-order valence-corrected chi connectivity index (χ0v) is 16.7. The molecule has 4 rings (SSSR count). The zero-order valence-electron chi connectivity index (χ0n) is 16.7. The number of likely N-dealkylation sites (tertiary alicyclic amines) is 1. The van der Waals surface area contributed by atoms with E-state index < -0.39 is 5.60 Å². The molecule has 0 bridgehead atoms. The Morgan fingerprint density at radius 3 is 2.18 bits per heavy atom. The normalized spacial score (nSPS) is 23.7. The number of hydrogen-bond donors (Lipinski definition) is 2. The van der Waals surface area contributed by atoms with E-state index in [1.165, 1.54) is 16.7 Å². The van der Waals surface area contributed by atoms with E-state index in [1.54, 1.807) is 24.3 Å². The third-order valence-corrected chi connectivity index (χ3v) is 6.31. The fourth-order valence-electron chi connectivity index (χ4n) is 5.32. The molecule has 2 aliphatic rings. The van der Waals surface area contributed by atoms with Crippen molar-refractivity contribution in [2.75, 3.05) is 19.6 Å². The van der Waals surface area contributed by atoms with Crippen molar-refractivity contribution in [3.8, 4) is 5.75 Å². The number of aromatic hydroxyl groups is 1. The minimum Gasteiger partial charge on any atom is -0.508 e. The van der Waals surface area contributed by atoms with Crippen molar-refractivity contribution in [3.05, 3.63) is 64.7 Å². The van der Waals surface area contributed by atoms with Crippen molar-refractivity contribution in [2.45, 2.75) is 38.7 Å². The van der Waals surface area contributed by atoms with Gasteiger partial charge in [-0.25, -0.2) is 0 Å². The lowest BCUT2D eigenvalue weighted by atomic mass is 9.90. The minimum absolute atomic E-state index is 0.0884. The molecule has 2 aromatic carbocycles. The van der Waals surface area contributed by atoms with Crippen molar-refractivity contribution in [1.29, 1.82) is 0 Å². The third kappa shape index (κ3) is 4.13. The summed E-state index contributed by atoms with van der Waals surface area (Å²) in [7, 11) is 0. The Bertz CT molecular complexity index is 840. The fourth-order valence-corrected chi connectivity index (χ4v) is 5.32. The van der Waals surface area contributed by atoms with Crippen LogP contribution in [0.25, 0.3) is 0 Å². The van der Waals surface area contributed by atoms with Gasteiger partial charge in [-0.3, -0.25) is 9.69 Å². The molecular weight excluding hydrogens is 350 g/mol. The lowest BCUT2D eigenvalue weighted by Gasteiger charge is -2.26. The first kappa shape index (κ1) is 19.2. The highest BCUT2D eigenvalue weighted by Crippen LogP contribution is 2.45. The molecule has 0 unspecified atom stereocenters. The van der Waals surface area contributed by atoms with Crippen LogP contribution in [0.1, 0.15) is 39.9 Å². The number of hydrogen-bond acceptors (Lipinski definition) is 4. The standard InChI is InChI=1S/C24H29NO3/c1-16-7-17(2)9-18(8-16)10-24(28)11-20-13-25(14-21(20)12-24)15-23(27)19-3-5-22(26)6-4-19/h3-9,20-21,26,28H,10-15H2,1-2H3/t20-,21-/m0/s1. The summed E-state index contributed by atoms with van der Waals surface area (Å²) in [6.07, 6.45) is 2.35. The van der Waals surface area contributed by atoms with E-state index in [2.05, 4.69) is 36.9 Å². The summed E-state index contributed by atoms with van der Waals surface area (Å²) in [5.41, 5.74) is 3.73. The molecule has 4 heteroatoms. The van der Waals surface area contributed by atoms with E-state index in [9.17, 15) is 15.0 Å². The first-order valence-electron chi connectivity index (χ1n) is 10.1. The number of rotatable bonds is 5. The van der Waals surface area contributed by atoms with Gasteiger partial charge in [0.1, 0.15) is 5.75 Å². The van der Waals surface area contributed by atoms with Crippen LogP contribution >= 0.6 is 0 Å². The first-order chi connectivity index (χ1) is 13.3. The number of fused-ring (bicyclic) bond motifs is 1. The molecule has 148 valence electrons. The van der Waals surface area contributed by atoms with E-state index in [0.717, 1.165) is 32.4 Å². The number of nitrogens with zero attached hydrogens (tertiary/aromatic N) is 1. The van der Waals surface area contributed by atoms with Crippen molar-refractivity contribution in [3.63, 3.8) is 0 Å². The van der Waals surface area contributed by atoms with Crippen molar-refractivity contribution < 1.29 is 15.0 Å². The van der Waals surface area contributed by atoms with Gasteiger partial charge in [0, 0.05) is 25.1 Å². The quantitative estimate of drug-likeness (QED) is 0.781. The van der Waals surface area contributed by atoms with Crippen LogP contribution in [-0.2, 0) is 6.42 Å². The Morgan fingerprint density at radius 2 is 1.61 bits per heavy atom. The summed E-state index contributed by atoms with van der Waals surface area (Å²) in [5, 5.41) is 20.6. The summed E-state index contributed by atoms with van der Waals surface area (Å²) < 4.78 is 0.